The zero-order chi connectivity index (χ0) is 27.8. The Balaban J connectivity index is 1.35. The minimum atomic E-state index is -0.982. The van der Waals surface area contributed by atoms with Gasteiger partial charge in [-0.2, -0.15) is 0 Å². The standard InChI is InChI=1S/C27H28N6O4S2/c1-5-33(6-2)21-14-12-20(13-15-21)30-32-27-28-24-22(38-27)16-23(39-24)31-29-19-10-8-18(9-11-19)26(35)37-17(4)25(34)36-7-3/h8-17H,5-7H2,1-4H3. The van der Waals surface area contributed by atoms with Crippen molar-refractivity contribution >= 4 is 71.3 Å². The number of hydrogen-bond acceptors (Lipinski definition) is 12. The molecule has 0 bridgehead atoms. The first-order chi connectivity index (χ1) is 18.9. The van der Waals surface area contributed by atoms with Gasteiger partial charge in [0.1, 0.15) is 9.83 Å². The Hall–Kier alpha value is -4.03. The first-order valence-electron chi connectivity index (χ1n) is 12.5. The molecular weight excluding hydrogens is 536 g/mol. The molecule has 2 heterocycles. The lowest BCUT2D eigenvalue weighted by molar-refractivity contribution is -0.152. The fraction of sp³-hybridized carbons (Fsp3) is 0.296. The Bertz CT molecular complexity index is 1440. The highest BCUT2D eigenvalue weighted by atomic mass is 32.1. The maximum atomic E-state index is 12.2. The molecule has 0 spiro atoms. The fourth-order valence-corrected chi connectivity index (χ4v) is 5.38. The largest absolute Gasteiger partial charge is 0.463 e. The van der Waals surface area contributed by atoms with E-state index in [1.54, 1.807) is 31.2 Å². The van der Waals surface area contributed by atoms with Crippen LogP contribution >= 0.6 is 22.7 Å². The van der Waals surface area contributed by atoms with Crippen molar-refractivity contribution in [3.8, 4) is 0 Å². The fourth-order valence-electron chi connectivity index (χ4n) is 3.53. The highest BCUT2D eigenvalue weighted by Crippen LogP contribution is 2.39. The van der Waals surface area contributed by atoms with Crippen LogP contribution in [0.5, 0.6) is 0 Å². The van der Waals surface area contributed by atoms with E-state index >= 15 is 0 Å². The van der Waals surface area contributed by atoms with Crippen LogP contribution in [0.2, 0.25) is 0 Å². The average molecular weight is 565 g/mol. The third-order valence-electron chi connectivity index (χ3n) is 5.56. The number of ether oxygens (including phenoxy) is 2. The van der Waals surface area contributed by atoms with Crippen molar-refractivity contribution in [1.82, 2.24) is 4.98 Å². The van der Waals surface area contributed by atoms with E-state index in [9.17, 15) is 9.59 Å². The van der Waals surface area contributed by atoms with Crippen LogP contribution in [0.4, 0.5) is 27.2 Å². The van der Waals surface area contributed by atoms with Gasteiger partial charge in [0.05, 0.1) is 28.2 Å². The van der Waals surface area contributed by atoms with Gasteiger partial charge in [-0.25, -0.2) is 14.6 Å². The molecule has 39 heavy (non-hydrogen) atoms. The molecule has 0 fully saturated rings. The molecule has 1 atom stereocenters. The Morgan fingerprint density at radius 1 is 0.897 bits per heavy atom. The maximum absolute atomic E-state index is 12.2. The molecule has 202 valence electrons. The quantitative estimate of drug-likeness (QED) is 0.134. The van der Waals surface area contributed by atoms with Gasteiger partial charge in [-0.3, -0.25) is 0 Å². The topological polar surface area (TPSA) is 118 Å². The van der Waals surface area contributed by atoms with E-state index in [1.165, 1.54) is 29.6 Å². The molecule has 0 saturated heterocycles. The van der Waals surface area contributed by atoms with Gasteiger partial charge in [0, 0.05) is 18.8 Å². The zero-order valence-corrected chi connectivity index (χ0v) is 23.7. The summed E-state index contributed by atoms with van der Waals surface area (Å²) in [5.41, 5.74) is 2.80. The number of fused-ring (bicyclic) bond motifs is 1. The minimum Gasteiger partial charge on any atom is -0.463 e. The van der Waals surface area contributed by atoms with Crippen LogP contribution in [0.15, 0.2) is 75.1 Å². The summed E-state index contributed by atoms with van der Waals surface area (Å²) < 4.78 is 10.9. The summed E-state index contributed by atoms with van der Waals surface area (Å²) in [6.07, 6.45) is -0.982. The highest BCUT2D eigenvalue weighted by molar-refractivity contribution is 7.30. The first-order valence-corrected chi connectivity index (χ1v) is 14.1. The van der Waals surface area contributed by atoms with Crippen LogP contribution in [0.1, 0.15) is 38.1 Å². The normalized spacial score (nSPS) is 12.3. The molecular formula is C27H28N6O4S2. The lowest BCUT2D eigenvalue weighted by Gasteiger charge is -2.20. The van der Waals surface area contributed by atoms with Gasteiger partial charge in [-0.05, 0) is 82.3 Å². The van der Waals surface area contributed by atoms with Gasteiger partial charge in [0.15, 0.2) is 6.10 Å². The van der Waals surface area contributed by atoms with Crippen LogP contribution in [-0.4, -0.2) is 42.7 Å². The van der Waals surface area contributed by atoms with Crippen molar-refractivity contribution in [3.63, 3.8) is 0 Å². The molecule has 10 nitrogen and oxygen atoms in total. The SMILES string of the molecule is CCOC(=O)C(C)OC(=O)c1ccc(N=Nc2cc3sc(N=Nc4ccc(N(CC)CC)cc4)nc3s2)cc1. The van der Waals surface area contributed by atoms with E-state index in [0.29, 0.717) is 21.4 Å². The number of carbonyl (C=O) groups is 2. The third-order valence-corrected chi connectivity index (χ3v) is 7.49. The lowest BCUT2D eigenvalue weighted by Crippen LogP contribution is -2.26. The molecule has 4 rings (SSSR count). The number of anilines is 1. The predicted octanol–water partition coefficient (Wildman–Crippen LogP) is 8.14. The Kier molecular flexibility index (Phi) is 9.45. The van der Waals surface area contributed by atoms with Crippen molar-refractivity contribution in [2.24, 2.45) is 20.5 Å². The predicted molar refractivity (Wildman–Crippen MR) is 154 cm³/mol. The summed E-state index contributed by atoms with van der Waals surface area (Å²) in [6, 6.07) is 16.3. The third kappa shape index (κ3) is 7.30. The van der Waals surface area contributed by atoms with Crippen LogP contribution < -0.4 is 4.90 Å². The molecule has 0 amide bonds. The molecule has 1 unspecified atom stereocenters. The number of thiazole rings is 1. The second-order valence-corrected chi connectivity index (χ2v) is 10.2. The van der Waals surface area contributed by atoms with Crippen LogP contribution in [0.3, 0.4) is 0 Å². The number of benzene rings is 2. The molecule has 0 aliphatic carbocycles. The lowest BCUT2D eigenvalue weighted by atomic mass is 10.2. The van der Waals surface area contributed by atoms with Gasteiger partial charge in [-0.1, -0.05) is 22.7 Å². The number of thiophene rings is 1. The maximum Gasteiger partial charge on any atom is 0.347 e. The zero-order valence-electron chi connectivity index (χ0n) is 22.0. The van der Waals surface area contributed by atoms with Crippen molar-refractivity contribution in [3.05, 3.63) is 60.2 Å². The van der Waals surface area contributed by atoms with E-state index < -0.39 is 18.0 Å². The van der Waals surface area contributed by atoms with Crippen molar-refractivity contribution in [1.29, 1.82) is 0 Å². The molecule has 0 radical (unpaired) electrons. The summed E-state index contributed by atoms with van der Waals surface area (Å²) in [5, 5.41) is 18.4. The Morgan fingerprint density at radius 3 is 2.15 bits per heavy atom. The van der Waals surface area contributed by atoms with Gasteiger partial charge in [-0.15, -0.1) is 20.5 Å². The van der Waals surface area contributed by atoms with Gasteiger partial charge in [0.2, 0.25) is 5.13 Å². The summed E-state index contributed by atoms with van der Waals surface area (Å²) in [4.78, 5) is 31.5. The summed E-state index contributed by atoms with van der Waals surface area (Å²) in [7, 11) is 0. The number of nitrogens with zero attached hydrogens (tertiary/aromatic N) is 6. The van der Waals surface area contributed by atoms with E-state index in [-0.39, 0.29) is 6.61 Å². The second kappa shape index (κ2) is 13.2. The van der Waals surface area contributed by atoms with Crippen LogP contribution in [0.25, 0.3) is 9.53 Å². The number of azo groups is 2. The van der Waals surface area contributed by atoms with E-state index in [2.05, 4.69) is 44.2 Å². The molecule has 12 heteroatoms. The van der Waals surface area contributed by atoms with Gasteiger partial charge < -0.3 is 14.4 Å². The summed E-state index contributed by atoms with van der Waals surface area (Å²) >= 11 is 2.84. The first kappa shape index (κ1) is 28.0. The smallest absolute Gasteiger partial charge is 0.347 e. The van der Waals surface area contributed by atoms with Gasteiger partial charge in [0.25, 0.3) is 0 Å². The number of carbonyl (C=O) groups excluding carboxylic acids is 2. The molecule has 0 aliphatic heterocycles. The average Bonchev–Trinajstić information content (AvgIpc) is 3.51. The summed E-state index contributed by atoms with van der Waals surface area (Å²) in [6.45, 7) is 9.55. The van der Waals surface area contributed by atoms with E-state index in [4.69, 9.17) is 9.47 Å². The monoisotopic (exact) mass is 564 g/mol. The van der Waals surface area contributed by atoms with Crippen LogP contribution in [0, 0.1) is 0 Å². The molecule has 2 aromatic carbocycles. The van der Waals surface area contributed by atoms with Crippen molar-refractivity contribution in [2.75, 3.05) is 24.6 Å². The molecule has 0 saturated carbocycles. The minimum absolute atomic E-state index is 0.220. The number of aromatic nitrogens is 1. The molecule has 0 aliphatic rings. The molecule has 0 N–H and O–H groups in total. The number of hydrogen-bond donors (Lipinski definition) is 0. The number of esters is 2. The van der Waals surface area contributed by atoms with E-state index in [0.717, 1.165) is 34.0 Å². The molecule has 2 aromatic heterocycles. The van der Waals surface area contributed by atoms with Gasteiger partial charge >= 0.3 is 11.9 Å². The Morgan fingerprint density at radius 2 is 1.54 bits per heavy atom. The Labute approximate surface area is 234 Å². The van der Waals surface area contributed by atoms with Crippen LogP contribution in [-0.2, 0) is 14.3 Å². The summed E-state index contributed by atoms with van der Waals surface area (Å²) in [5.74, 6) is -1.20. The van der Waals surface area contributed by atoms with Crippen molar-refractivity contribution < 1.29 is 19.1 Å². The van der Waals surface area contributed by atoms with Crippen molar-refractivity contribution in [2.45, 2.75) is 33.8 Å². The number of rotatable bonds is 11. The highest BCUT2D eigenvalue weighted by Gasteiger charge is 2.19. The second-order valence-electron chi connectivity index (χ2n) is 8.19. The van der Waals surface area contributed by atoms with E-state index in [1.807, 2.05) is 30.3 Å². The molecule has 4 aromatic rings.